The fourth-order valence-corrected chi connectivity index (χ4v) is 2.07. The number of nitrogens with one attached hydrogen (secondary N) is 1. The van der Waals surface area contributed by atoms with Crippen molar-refractivity contribution in [1.29, 1.82) is 0 Å². The van der Waals surface area contributed by atoms with E-state index in [9.17, 15) is 9.59 Å². The summed E-state index contributed by atoms with van der Waals surface area (Å²) in [6.45, 7) is 7.21. The second-order valence-electron chi connectivity index (χ2n) is 6.00. The van der Waals surface area contributed by atoms with Crippen LogP contribution in [0.1, 0.15) is 36.9 Å². The number of nitrogens with zero attached hydrogens (tertiary/aromatic N) is 1. The predicted molar refractivity (Wildman–Crippen MR) is 89.4 cm³/mol. The van der Waals surface area contributed by atoms with Gasteiger partial charge in [0.15, 0.2) is 6.61 Å². The maximum absolute atomic E-state index is 12.3. The van der Waals surface area contributed by atoms with Crippen LogP contribution in [0.15, 0.2) is 34.9 Å². The van der Waals surface area contributed by atoms with E-state index in [1.54, 1.807) is 6.92 Å². The van der Waals surface area contributed by atoms with Crippen LogP contribution in [-0.2, 0) is 9.53 Å². The Morgan fingerprint density at radius 1 is 1.21 bits per heavy atom. The fourth-order valence-electron chi connectivity index (χ4n) is 2.07. The molecule has 0 aliphatic rings. The number of carbonyl (C=O) groups excluding carboxylic acids is 2. The number of aryl methyl sites for hydroxylation is 1. The standard InChI is InChI=1S/C18H22N2O4/c1-11(2)12(3)19-15(21)10-23-18(22)16-13(4)24-20-17(16)14-8-6-5-7-9-14/h5-9,11-12H,10H2,1-4H3,(H,19,21). The number of rotatable bonds is 6. The van der Waals surface area contributed by atoms with Crippen LogP contribution in [0.5, 0.6) is 0 Å². The zero-order valence-corrected chi connectivity index (χ0v) is 14.3. The van der Waals surface area contributed by atoms with Crippen LogP contribution in [-0.4, -0.2) is 29.7 Å². The van der Waals surface area contributed by atoms with Gasteiger partial charge >= 0.3 is 5.97 Å². The van der Waals surface area contributed by atoms with Gasteiger partial charge in [0.1, 0.15) is 17.0 Å². The van der Waals surface area contributed by atoms with Crippen molar-refractivity contribution in [3.63, 3.8) is 0 Å². The molecule has 6 nitrogen and oxygen atoms in total. The Bertz CT molecular complexity index is 707. The van der Waals surface area contributed by atoms with Gasteiger partial charge in [-0.2, -0.15) is 0 Å². The topological polar surface area (TPSA) is 81.4 Å². The number of ether oxygens (including phenoxy) is 1. The quantitative estimate of drug-likeness (QED) is 0.824. The van der Waals surface area contributed by atoms with Crippen LogP contribution < -0.4 is 5.32 Å². The van der Waals surface area contributed by atoms with Crippen LogP contribution in [0.3, 0.4) is 0 Å². The third-order valence-electron chi connectivity index (χ3n) is 3.84. The molecule has 1 unspecified atom stereocenters. The first kappa shape index (κ1) is 17.7. The summed E-state index contributed by atoms with van der Waals surface area (Å²) in [5.74, 6) is -0.302. The summed E-state index contributed by atoms with van der Waals surface area (Å²) in [6.07, 6.45) is 0. The molecule has 0 aliphatic carbocycles. The first-order chi connectivity index (χ1) is 11.4. The summed E-state index contributed by atoms with van der Waals surface area (Å²) in [5.41, 5.74) is 1.40. The van der Waals surface area contributed by atoms with Crippen molar-refractivity contribution in [3.05, 3.63) is 41.7 Å². The van der Waals surface area contributed by atoms with Gasteiger partial charge in [0.25, 0.3) is 5.91 Å². The van der Waals surface area contributed by atoms with Crippen molar-refractivity contribution in [2.75, 3.05) is 6.61 Å². The van der Waals surface area contributed by atoms with Gasteiger partial charge in [-0.15, -0.1) is 0 Å². The van der Waals surface area contributed by atoms with Crippen molar-refractivity contribution < 1.29 is 18.8 Å². The first-order valence-electron chi connectivity index (χ1n) is 7.88. The molecule has 0 spiro atoms. The van der Waals surface area contributed by atoms with E-state index in [0.29, 0.717) is 17.4 Å². The lowest BCUT2D eigenvalue weighted by Gasteiger charge is -2.17. The molecule has 0 radical (unpaired) electrons. The zero-order valence-electron chi connectivity index (χ0n) is 14.3. The number of hydrogen-bond donors (Lipinski definition) is 1. The molecule has 1 aromatic carbocycles. The SMILES string of the molecule is Cc1onc(-c2ccccc2)c1C(=O)OCC(=O)NC(C)C(C)C. The normalized spacial score (nSPS) is 12.0. The highest BCUT2D eigenvalue weighted by Gasteiger charge is 2.23. The molecule has 0 bridgehead atoms. The van der Waals surface area contributed by atoms with E-state index < -0.39 is 5.97 Å². The van der Waals surface area contributed by atoms with E-state index in [2.05, 4.69) is 10.5 Å². The Kier molecular flexibility index (Phi) is 5.73. The Morgan fingerprint density at radius 2 is 1.88 bits per heavy atom. The molecule has 1 atom stereocenters. The van der Waals surface area contributed by atoms with E-state index >= 15 is 0 Å². The summed E-state index contributed by atoms with van der Waals surface area (Å²) < 4.78 is 10.2. The minimum absolute atomic E-state index is 0.00779. The first-order valence-corrected chi connectivity index (χ1v) is 7.88. The summed E-state index contributed by atoms with van der Waals surface area (Å²) >= 11 is 0. The minimum atomic E-state index is -0.625. The molecule has 6 heteroatoms. The van der Waals surface area contributed by atoms with Crippen LogP contribution in [0.4, 0.5) is 0 Å². The van der Waals surface area contributed by atoms with Crippen LogP contribution in [0, 0.1) is 12.8 Å². The lowest BCUT2D eigenvalue weighted by atomic mass is 10.1. The second kappa shape index (κ2) is 7.77. The molecule has 1 aromatic heterocycles. The Balaban J connectivity index is 2.06. The van der Waals surface area contributed by atoms with E-state index in [1.165, 1.54) is 0 Å². The van der Waals surface area contributed by atoms with Gasteiger partial charge in [-0.1, -0.05) is 49.3 Å². The van der Waals surface area contributed by atoms with Crippen molar-refractivity contribution in [2.24, 2.45) is 5.92 Å². The highest BCUT2D eigenvalue weighted by Crippen LogP contribution is 2.25. The molecule has 24 heavy (non-hydrogen) atoms. The highest BCUT2D eigenvalue weighted by atomic mass is 16.5. The molecule has 1 amide bonds. The average Bonchev–Trinajstić information content (AvgIpc) is 2.95. The zero-order chi connectivity index (χ0) is 17.7. The molecule has 128 valence electrons. The second-order valence-corrected chi connectivity index (χ2v) is 6.00. The number of benzene rings is 1. The molecule has 2 rings (SSSR count). The highest BCUT2D eigenvalue weighted by molar-refractivity contribution is 5.98. The Hall–Kier alpha value is -2.63. The molecule has 0 saturated carbocycles. The number of aromatic nitrogens is 1. The van der Waals surface area contributed by atoms with Gasteiger partial charge in [0.2, 0.25) is 0 Å². The largest absolute Gasteiger partial charge is 0.452 e. The maximum atomic E-state index is 12.3. The molecule has 0 aliphatic heterocycles. The molecule has 2 aromatic rings. The maximum Gasteiger partial charge on any atom is 0.344 e. The van der Waals surface area contributed by atoms with Gasteiger partial charge in [0, 0.05) is 11.6 Å². The molecule has 0 fully saturated rings. The van der Waals surface area contributed by atoms with Crippen molar-refractivity contribution >= 4 is 11.9 Å². The molecular formula is C18H22N2O4. The number of amides is 1. The third kappa shape index (κ3) is 4.22. The van der Waals surface area contributed by atoms with Crippen molar-refractivity contribution in [3.8, 4) is 11.3 Å². The molecule has 1 heterocycles. The van der Waals surface area contributed by atoms with E-state index in [-0.39, 0.29) is 24.1 Å². The third-order valence-corrected chi connectivity index (χ3v) is 3.84. The van der Waals surface area contributed by atoms with Gasteiger partial charge in [-0.25, -0.2) is 4.79 Å². The molecular weight excluding hydrogens is 308 g/mol. The van der Waals surface area contributed by atoms with E-state index in [1.807, 2.05) is 51.1 Å². The van der Waals surface area contributed by atoms with Gasteiger partial charge in [-0.05, 0) is 19.8 Å². The van der Waals surface area contributed by atoms with Gasteiger partial charge < -0.3 is 14.6 Å². The van der Waals surface area contributed by atoms with Gasteiger partial charge in [0.05, 0.1) is 0 Å². The lowest BCUT2D eigenvalue weighted by Crippen LogP contribution is -2.38. The van der Waals surface area contributed by atoms with Crippen LogP contribution >= 0.6 is 0 Å². The fraction of sp³-hybridized carbons (Fsp3) is 0.389. The van der Waals surface area contributed by atoms with E-state index in [4.69, 9.17) is 9.26 Å². The van der Waals surface area contributed by atoms with Crippen molar-refractivity contribution in [1.82, 2.24) is 10.5 Å². The Labute approximate surface area is 141 Å². The monoisotopic (exact) mass is 330 g/mol. The Morgan fingerprint density at radius 3 is 2.50 bits per heavy atom. The summed E-state index contributed by atoms with van der Waals surface area (Å²) in [5, 5.41) is 6.72. The molecule has 1 N–H and O–H groups in total. The number of hydrogen-bond acceptors (Lipinski definition) is 5. The average molecular weight is 330 g/mol. The van der Waals surface area contributed by atoms with E-state index in [0.717, 1.165) is 5.56 Å². The van der Waals surface area contributed by atoms with Crippen LogP contribution in [0.2, 0.25) is 0 Å². The summed E-state index contributed by atoms with van der Waals surface area (Å²) in [6, 6.07) is 9.21. The number of carbonyl (C=O) groups is 2. The summed E-state index contributed by atoms with van der Waals surface area (Å²) in [7, 11) is 0. The van der Waals surface area contributed by atoms with Crippen molar-refractivity contribution in [2.45, 2.75) is 33.7 Å². The summed E-state index contributed by atoms with van der Waals surface area (Å²) in [4.78, 5) is 24.2. The van der Waals surface area contributed by atoms with Crippen LogP contribution in [0.25, 0.3) is 11.3 Å². The van der Waals surface area contributed by atoms with Gasteiger partial charge in [-0.3, -0.25) is 4.79 Å². The predicted octanol–water partition coefficient (Wildman–Crippen LogP) is 2.97. The lowest BCUT2D eigenvalue weighted by molar-refractivity contribution is -0.125. The molecule has 0 saturated heterocycles. The number of esters is 1. The smallest absolute Gasteiger partial charge is 0.344 e. The minimum Gasteiger partial charge on any atom is -0.452 e.